The summed E-state index contributed by atoms with van der Waals surface area (Å²) >= 11 is 1.74. The molecule has 0 aliphatic rings. The second-order valence-corrected chi connectivity index (χ2v) is 5.72. The fraction of sp³-hybridized carbons (Fsp3) is 0.615. The van der Waals surface area contributed by atoms with E-state index in [1.807, 2.05) is 20.8 Å². The summed E-state index contributed by atoms with van der Waals surface area (Å²) in [5.41, 5.74) is 0. The molecule has 2 atom stereocenters. The number of amides is 1. The van der Waals surface area contributed by atoms with Crippen LogP contribution < -0.4 is 10.6 Å². The van der Waals surface area contributed by atoms with Crippen molar-refractivity contribution in [1.82, 2.24) is 10.6 Å². The Kier molecular flexibility index (Phi) is 5.65. The van der Waals surface area contributed by atoms with Crippen molar-refractivity contribution in [3.05, 3.63) is 21.9 Å². The molecular weight excluding hydrogens is 232 g/mol. The monoisotopic (exact) mass is 254 g/mol. The molecule has 0 aliphatic heterocycles. The van der Waals surface area contributed by atoms with Gasteiger partial charge < -0.3 is 10.6 Å². The zero-order valence-corrected chi connectivity index (χ0v) is 11.9. The molecule has 3 nitrogen and oxygen atoms in total. The minimum absolute atomic E-state index is 0.107. The van der Waals surface area contributed by atoms with Crippen LogP contribution in [-0.4, -0.2) is 18.5 Å². The van der Waals surface area contributed by atoms with E-state index >= 15 is 0 Å². The molecule has 0 aromatic carbocycles. The highest BCUT2D eigenvalue weighted by molar-refractivity contribution is 7.12. The number of thiophene rings is 1. The summed E-state index contributed by atoms with van der Waals surface area (Å²) in [6, 6.07) is 4.51. The first kappa shape index (κ1) is 14.2. The van der Waals surface area contributed by atoms with E-state index in [1.165, 1.54) is 9.75 Å². The number of hydrogen-bond donors (Lipinski definition) is 2. The molecule has 1 rings (SSSR count). The zero-order chi connectivity index (χ0) is 12.8. The van der Waals surface area contributed by atoms with Crippen molar-refractivity contribution in [2.75, 3.05) is 6.54 Å². The predicted molar refractivity (Wildman–Crippen MR) is 73.4 cm³/mol. The molecule has 0 aliphatic carbocycles. The Balaban J connectivity index is 2.40. The molecule has 0 saturated carbocycles. The summed E-state index contributed by atoms with van der Waals surface area (Å²) < 4.78 is 0. The van der Waals surface area contributed by atoms with Gasteiger partial charge in [0.1, 0.15) is 0 Å². The fourth-order valence-electron chi connectivity index (χ4n) is 1.76. The number of carbonyl (C=O) groups excluding carboxylic acids is 1. The van der Waals surface area contributed by atoms with Crippen LogP contribution in [0, 0.1) is 6.92 Å². The van der Waals surface area contributed by atoms with E-state index < -0.39 is 0 Å². The summed E-state index contributed by atoms with van der Waals surface area (Å²) in [7, 11) is 0. The van der Waals surface area contributed by atoms with Gasteiger partial charge >= 0.3 is 0 Å². The van der Waals surface area contributed by atoms with Gasteiger partial charge in [-0.1, -0.05) is 6.92 Å². The number of nitrogens with one attached hydrogen (secondary N) is 2. The van der Waals surface area contributed by atoms with E-state index in [1.54, 1.807) is 11.3 Å². The van der Waals surface area contributed by atoms with Gasteiger partial charge in [-0.2, -0.15) is 0 Å². The van der Waals surface area contributed by atoms with Crippen LogP contribution in [-0.2, 0) is 4.79 Å². The lowest BCUT2D eigenvalue weighted by Crippen LogP contribution is -2.34. The Bertz CT molecular complexity index is 362. The van der Waals surface area contributed by atoms with Gasteiger partial charge in [0, 0.05) is 22.2 Å². The maximum Gasteiger partial charge on any atom is 0.222 e. The van der Waals surface area contributed by atoms with Gasteiger partial charge in [-0.15, -0.1) is 11.3 Å². The molecule has 4 heteroatoms. The molecule has 0 spiro atoms. The normalized spacial score (nSPS) is 14.4. The van der Waals surface area contributed by atoms with Gasteiger partial charge in [-0.05, 0) is 39.4 Å². The second kappa shape index (κ2) is 6.77. The van der Waals surface area contributed by atoms with Gasteiger partial charge in [0.15, 0.2) is 0 Å². The van der Waals surface area contributed by atoms with Crippen LogP contribution in [0.5, 0.6) is 0 Å². The SMILES string of the molecule is CCNC(C)CC(=O)NC(C)c1ccc(C)s1. The first-order chi connectivity index (χ1) is 8.02. The molecule has 96 valence electrons. The first-order valence-corrected chi connectivity index (χ1v) is 6.93. The first-order valence-electron chi connectivity index (χ1n) is 6.12. The van der Waals surface area contributed by atoms with Gasteiger partial charge in [0.2, 0.25) is 5.91 Å². The molecule has 2 N–H and O–H groups in total. The molecule has 2 unspecified atom stereocenters. The van der Waals surface area contributed by atoms with Gasteiger partial charge in [-0.25, -0.2) is 0 Å². The molecule has 1 aromatic rings. The van der Waals surface area contributed by atoms with Crippen molar-refractivity contribution in [2.45, 2.75) is 46.2 Å². The van der Waals surface area contributed by atoms with E-state index in [2.05, 4.69) is 29.7 Å². The molecule has 17 heavy (non-hydrogen) atoms. The Morgan fingerprint density at radius 3 is 2.65 bits per heavy atom. The van der Waals surface area contributed by atoms with Gasteiger partial charge in [-0.3, -0.25) is 4.79 Å². The number of aryl methyl sites for hydroxylation is 1. The van der Waals surface area contributed by atoms with Crippen LogP contribution >= 0.6 is 11.3 Å². The van der Waals surface area contributed by atoms with Crippen LogP contribution in [0.15, 0.2) is 12.1 Å². The quantitative estimate of drug-likeness (QED) is 0.819. The lowest BCUT2D eigenvalue weighted by Gasteiger charge is -2.15. The molecule has 0 bridgehead atoms. The van der Waals surface area contributed by atoms with Crippen LogP contribution in [0.1, 0.15) is 43.0 Å². The van der Waals surface area contributed by atoms with Crippen molar-refractivity contribution in [3.63, 3.8) is 0 Å². The molecule has 1 amide bonds. The average Bonchev–Trinajstić information content (AvgIpc) is 2.64. The highest BCUT2D eigenvalue weighted by Crippen LogP contribution is 2.22. The minimum atomic E-state index is 0.107. The number of hydrogen-bond acceptors (Lipinski definition) is 3. The van der Waals surface area contributed by atoms with Gasteiger partial charge in [0.05, 0.1) is 6.04 Å². The fourth-order valence-corrected chi connectivity index (χ4v) is 2.64. The van der Waals surface area contributed by atoms with Crippen LogP contribution in [0.4, 0.5) is 0 Å². The van der Waals surface area contributed by atoms with Crippen LogP contribution in [0.3, 0.4) is 0 Å². The molecule has 1 heterocycles. The highest BCUT2D eigenvalue weighted by atomic mass is 32.1. The van der Waals surface area contributed by atoms with Crippen molar-refractivity contribution < 1.29 is 4.79 Å². The molecule has 1 aromatic heterocycles. The largest absolute Gasteiger partial charge is 0.349 e. The summed E-state index contributed by atoms with van der Waals surface area (Å²) in [6.45, 7) is 9.08. The van der Waals surface area contributed by atoms with E-state index in [9.17, 15) is 4.79 Å². The molecule has 0 radical (unpaired) electrons. The Morgan fingerprint density at radius 1 is 1.41 bits per heavy atom. The third kappa shape index (κ3) is 4.88. The average molecular weight is 254 g/mol. The molecular formula is C13H22N2OS. The smallest absolute Gasteiger partial charge is 0.222 e. The highest BCUT2D eigenvalue weighted by Gasteiger charge is 2.13. The second-order valence-electron chi connectivity index (χ2n) is 4.40. The minimum Gasteiger partial charge on any atom is -0.349 e. The zero-order valence-electron chi connectivity index (χ0n) is 11.0. The van der Waals surface area contributed by atoms with Crippen molar-refractivity contribution in [3.8, 4) is 0 Å². The molecule has 0 fully saturated rings. The van der Waals surface area contributed by atoms with E-state index in [0.717, 1.165) is 6.54 Å². The lowest BCUT2D eigenvalue weighted by molar-refractivity contribution is -0.122. The van der Waals surface area contributed by atoms with Crippen LogP contribution in [0.25, 0.3) is 0 Å². The molecule has 0 saturated heterocycles. The van der Waals surface area contributed by atoms with Crippen molar-refractivity contribution in [2.24, 2.45) is 0 Å². The summed E-state index contributed by atoms with van der Waals surface area (Å²) in [6.07, 6.45) is 0.530. The Labute approximate surface area is 108 Å². The maximum atomic E-state index is 11.8. The Hall–Kier alpha value is -0.870. The predicted octanol–water partition coefficient (Wildman–Crippen LogP) is 2.62. The lowest BCUT2D eigenvalue weighted by atomic mass is 10.2. The van der Waals surface area contributed by atoms with E-state index in [0.29, 0.717) is 6.42 Å². The third-order valence-electron chi connectivity index (χ3n) is 2.61. The maximum absolute atomic E-state index is 11.8. The summed E-state index contributed by atoms with van der Waals surface area (Å²) in [5, 5.41) is 6.27. The number of carbonyl (C=O) groups is 1. The topological polar surface area (TPSA) is 41.1 Å². The standard InChI is InChI=1S/C13H22N2OS/c1-5-14-9(2)8-13(16)15-11(4)12-7-6-10(3)17-12/h6-7,9,11,14H,5,8H2,1-4H3,(H,15,16). The van der Waals surface area contributed by atoms with E-state index in [-0.39, 0.29) is 18.0 Å². The van der Waals surface area contributed by atoms with Crippen molar-refractivity contribution in [1.29, 1.82) is 0 Å². The number of rotatable bonds is 6. The van der Waals surface area contributed by atoms with E-state index in [4.69, 9.17) is 0 Å². The Morgan fingerprint density at radius 2 is 2.12 bits per heavy atom. The summed E-state index contributed by atoms with van der Waals surface area (Å²) in [5.74, 6) is 0.108. The van der Waals surface area contributed by atoms with Gasteiger partial charge in [0.25, 0.3) is 0 Å². The third-order valence-corrected chi connectivity index (χ3v) is 3.79. The van der Waals surface area contributed by atoms with Crippen molar-refractivity contribution >= 4 is 17.2 Å². The van der Waals surface area contributed by atoms with Crippen LogP contribution in [0.2, 0.25) is 0 Å². The summed E-state index contributed by atoms with van der Waals surface area (Å²) in [4.78, 5) is 14.3.